The molecular formula is C10H23NO. The second kappa shape index (κ2) is 6.44. The Bertz CT molecular complexity index is 102. The standard InChI is InChI=1S/C10H23NO/c1-8(2)10(4)12-7-5-6-9(3)11/h8-10H,5-7,11H2,1-4H3. The van der Waals surface area contributed by atoms with Gasteiger partial charge in [0, 0.05) is 12.6 Å². The van der Waals surface area contributed by atoms with Crippen LogP contribution in [0.5, 0.6) is 0 Å². The molecule has 2 nitrogen and oxygen atoms in total. The molecule has 2 unspecified atom stereocenters. The fraction of sp³-hybridized carbons (Fsp3) is 1.00. The molecule has 74 valence electrons. The number of nitrogens with two attached hydrogens (primary N) is 1. The lowest BCUT2D eigenvalue weighted by Gasteiger charge is -2.16. The monoisotopic (exact) mass is 173 g/mol. The van der Waals surface area contributed by atoms with Crippen LogP contribution in [0.2, 0.25) is 0 Å². The van der Waals surface area contributed by atoms with Crippen LogP contribution in [-0.4, -0.2) is 18.8 Å². The van der Waals surface area contributed by atoms with E-state index in [4.69, 9.17) is 10.5 Å². The number of rotatable bonds is 6. The zero-order chi connectivity index (χ0) is 9.56. The first-order valence-electron chi connectivity index (χ1n) is 4.91. The lowest BCUT2D eigenvalue weighted by atomic mass is 10.1. The molecule has 0 aromatic heterocycles. The molecule has 0 aliphatic heterocycles. The van der Waals surface area contributed by atoms with Gasteiger partial charge in [-0.25, -0.2) is 0 Å². The van der Waals surface area contributed by atoms with Crippen molar-refractivity contribution in [2.24, 2.45) is 11.7 Å². The molecule has 0 spiro atoms. The third-order valence-corrected chi connectivity index (χ3v) is 2.12. The minimum atomic E-state index is 0.308. The third kappa shape index (κ3) is 6.62. The van der Waals surface area contributed by atoms with Crippen LogP contribution in [0.3, 0.4) is 0 Å². The molecule has 2 heteroatoms. The highest BCUT2D eigenvalue weighted by Crippen LogP contribution is 2.06. The van der Waals surface area contributed by atoms with Gasteiger partial charge < -0.3 is 10.5 Å². The molecule has 0 aliphatic rings. The molecule has 0 radical (unpaired) electrons. The van der Waals surface area contributed by atoms with Crippen molar-refractivity contribution in [3.05, 3.63) is 0 Å². The van der Waals surface area contributed by atoms with Gasteiger partial charge in [0.15, 0.2) is 0 Å². The topological polar surface area (TPSA) is 35.2 Å². The van der Waals surface area contributed by atoms with Crippen molar-refractivity contribution in [1.82, 2.24) is 0 Å². The van der Waals surface area contributed by atoms with Crippen LogP contribution in [-0.2, 0) is 4.74 Å². The Kier molecular flexibility index (Phi) is 6.39. The molecule has 0 fully saturated rings. The van der Waals surface area contributed by atoms with Crippen molar-refractivity contribution in [2.75, 3.05) is 6.61 Å². The van der Waals surface area contributed by atoms with Crippen LogP contribution in [0.1, 0.15) is 40.5 Å². The average Bonchev–Trinajstić information content (AvgIpc) is 1.97. The first-order valence-corrected chi connectivity index (χ1v) is 4.91. The maximum absolute atomic E-state index is 5.61. The van der Waals surface area contributed by atoms with E-state index in [-0.39, 0.29) is 0 Å². The van der Waals surface area contributed by atoms with Crippen molar-refractivity contribution in [3.63, 3.8) is 0 Å². The smallest absolute Gasteiger partial charge is 0.0569 e. The zero-order valence-electron chi connectivity index (χ0n) is 8.84. The van der Waals surface area contributed by atoms with Gasteiger partial charge in [-0.05, 0) is 32.6 Å². The normalized spacial score (nSPS) is 16.5. The van der Waals surface area contributed by atoms with Gasteiger partial charge in [-0.2, -0.15) is 0 Å². The average molecular weight is 173 g/mol. The summed E-state index contributed by atoms with van der Waals surface area (Å²) in [6, 6.07) is 0.308. The maximum atomic E-state index is 5.61. The highest BCUT2D eigenvalue weighted by atomic mass is 16.5. The highest BCUT2D eigenvalue weighted by molar-refractivity contribution is 4.56. The van der Waals surface area contributed by atoms with Crippen LogP contribution < -0.4 is 5.73 Å². The Morgan fingerprint density at radius 2 is 1.75 bits per heavy atom. The van der Waals surface area contributed by atoms with Gasteiger partial charge in [-0.15, -0.1) is 0 Å². The first kappa shape index (κ1) is 11.9. The number of ether oxygens (including phenoxy) is 1. The highest BCUT2D eigenvalue weighted by Gasteiger charge is 2.06. The molecule has 0 rings (SSSR count). The van der Waals surface area contributed by atoms with Gasteiger partial charge in [-0.1, -0.05) is 13.8 Å². The maximum Gasteiger partial charge on any atom is 0.0569 e. The van der Waals surface area contributed by atoms with Crippen LogP contribution >= 0.6 is 0 Å². The van der Waals surface area contributed by atoms with Gasteiger partial charge in [0.25, 0.3) is 0 Å². The second-order valence-electron chi connectivity index (χ2n) is 3.94. The molecule has 0 bridgehead atoms. The molecule has 12 heavy (non-hydrogen) atoms. The fourth-order valence-electron chi connectivity index (χ4n) is 0.867. The lowest BCUT2D eigenvalue weighted by molar-refractivity contribution is 0.0329. The summed E-state index contributed by atoms with van der Waals surface area (Å²) in [5.41, 5.74) is 5.61. The van der Waals surface area contributed by atoms with E-state index in [9.17, 15) is 0 Å². The van der Waals surface area contributed by atoms with Gasteiger partial charge in [-0.3, -0.25) is 0 Å². The summed E-state index contributed by atoms with van der Waals surface area (Å²) >= 11 is 0. The molecule has 0 saturated heterocycles. The van der Waals surface area contributed by atoms with E-state index in [2.05, 4.69) is 20.8 Å². The van der Waals surface area contributed by atoms with E-state index in [0.29, 0.717) is 18.1 Å². The van der Waals surface area contributed by atoms with Crippen LogP contribution in [0.4, 0.5) is 0 Å². The molecule has 2 N–H and O–H groups in total. The zero-order valence-corrected chi connectivity index (χ0v) is 8.84. The summed E-state index contributed by atoms with van der Waals surface area (Å²) in [4.78, 5) is 0. The summed E-state index contributed by atoms with van der Waals surface area (Å²) in [5.74, 6) is 0.611. The molecule has 0 aromatic rings. The Balaban J connectivity index is 3.20. The third-order valence-electron chi connectivity index (χ3n) is 2.12. The molecule has 0 saturated carbocycles. The molecule has 2 atom stereocenters. The Labute approximate surface area is 76.5 Å². The van der Waals surface area contributed by atoms with E-state index in [1.165, 1.54) is 0 Å². The lowest BCUT2D eigenvalue weighted by Crippen LogP contribution is -2.19. The predicted octanol–water partition coefficient (Wildman–Crippen LogP) is 2.17. The summed E-state index contributed by atoms with van der Waals surface area (Å²) in [6.07, 6.45) is 2.51. The quantitative estimate of drug-likeness (QED) is 0.625. The van der Waals surface area contributed by atoms with E-state index in [0.717, 1.165) is 19.4 Å². The van der Waals surface area contributed by atoms with E-state index in [1.54, 1.807) is 0 Å². The van der Waals surface area contributed by atoms with Crippen molar-refractivity contribution in [1.29, 1.82) is 0 Å². The van der Waals surface area contributed by atoms with Gasteiger partial charge in [0.2, 0.25) is 0 Å². The Hall–Kier alpha value is -0.0800. The second-order valence-corrected chi connectivity index (χ2v) is 3.94. The van der Waals surface area contributed by atoms with Gasteiger partial charge in [0.1, 0.15) is 0 Å². The minimum absolute atomic E-state index is 0.308. The van der Waals surface area contributed by atoms with Crippen molar-refractivity contribution < 1.29 is 4.74 Å². The Morgan fingerprint density at radius 3 is 2.17 bits per heavy atom. The largest absolute Gasteiger partial charge is 0.378 e. The molecule has 0 amide bonds. The summed E-state index contributed by atoms with van der Waals surface area (Å²) in [6.45, 7) is 9.36. The summed E-state index contributed by atoms with van der Waals surface area (Å²) in [5, 5.41) is 0. The number of hydrogen-bond donors (Lipinski definition) is 1. The fourth-order valence-corrected chi connectivity index (χ4v) is 0.867. The SMILES string of the molecule is CC(N)CCCOC(C)C(C)C. The molecule has 0 aliphatic carbocycles. The van der Waals surface area contributed by atoms with Crippen molar-refractivity contribution in [3.8, 4) is 0 Å². The van der Waals surface area contributed by atoms with Crippen molar-refractivity contribution in [2.45, 2.75) is 52.7 Å². The van der Waals surface area contributed by atoms with Crippen molar-refractivity contribution >= 4 is 0 Å². The first-order chi connectivity index (χ1) is 5.54. The summed E-state index contributed by atoms with van der Waals surface area (Å²) in [7, 11) is 0. The summed E-state index contributed by atoms with van der Waals surface area (Å²) < 4.78 is 5.60. The van der Waals surface area contributed by atoms with Crippen LogP contribution in [0.15, 0.2) is 0 Å². The van der Waals surface area contributed by atoms with E-state index in [1.807, 2.05) is 6.92 Å². The minimum Gasteiger partial charge on any atom is -0.378 e. The van der Waals surface area contributed by atoms with Crippen LogP contribution in [0, 0.1) is 5.92 Å². The molecule has 0 heterocycles. The van der Waals surface area contributed by atoms with Gasteiger partial charge >= 0.3 is 0 Å². The number of hydrogen-bond acceptors (Lipinski definition) is 2. The van der Waals surface area contributed by atoms with Gasteiger partial charge in [0.05, 0.1) is 6.10 Å². The molecular weight excluding hydrogens is 150 g/mol. The Morgan fingerprint density at radius 1 is 1.17 bits per heavy atom. The van der Waals surface area contributed by atoms with E-state index >= 15 is 0 Å². The molecule has 0 aromatic carbocycles. The predicted molar refractivity (Wildman–Crippen MR) is 53.1 cm³/mol. The van der Waals surface area contributed by atoms with Crippen LogP contribution in [0.25, 0.3) is 0 Å². The van der Waals surface area contributed by atoms with E-state index < -0.39 is 0 Å².